The van der Waals surface area contributed by atoms with Crippen LogP contribution in [-0.2, 0) is 4.74 Å². The fourth-order valence-corrected chi connectivity index (χ4v) is 5.86. The van der Waals surface area contributed by atoms with Crippen molar-refractivity contribution in [1.29, 1.82) is 5.26 Å². The number of anilines is 3. The number of fused-ring (bicyclic) bond motifs is 1. The summed E-state index contributed by atoms with van der Waals surface area (Å²) in [5.41, 5.74) is 2.51. The van der Waals surface area contributed by atoms with E-state index in [9.17, 15) is 5.26 Å². The zero-order chi connectivity index (χ0) is 25.9. The van der Waals surface area contributed by atoms with E-state index in [0.29, 0.717) is 5.56 Å². The fraction of sp³-hybridized carbons (Fsp3) is 0.500. The Labute approximate surface area is 223 Å². The molecule has 3 saturated heterocycles. The first-order chi connectivity index (χ1) is 18.7. The molecule has 0 unspecified atom stereocenters. The van der Waals surface area contributed by atoms with Gasteiger partial charge < -0.3 is 24.8 Å². The predicted molar refractivity (Wildman–Crippen MR) is 149 cm³/mol. The zero-order valence-corrected chi connectivity index (χ0v) is 22.0. The first-order valence-corrected chi connectivity index (χ1v) is 13.6. The third-order valence-electron chi connectivity index (χ3n) is 7.77. The highest BCUT2D eigenvalue weighted by molar-refractivity contribution is 5.95. The molecule has 3 aliphatic rings. The molecule has 10 nitrogen and oxygen atoms in total. The van der Waals surface area contributed by atoms with Crippen LogP contribution in [0, 0.1) is 11.3 Å². The van der Waals surface area contributed by atoms with Crippen LogP contribution in [0.15, 0.2) is 42.6 Å². The number of hydrogen-bond acceptors (Lipinski definition) is 10. The molecule has 1 N–H and O–H groups in total. The van der Waals surface area contributed by atoms with Crippen molar-refractivity contribution in [3.8, 4) is 6.07 Å². The maximum atomic E-state index is 9.52. The Morgan fingerprint density at radius 1 is 0.921 bits per heavy atom. The number of nitrogens with one attached hydrogen (secondary N) is 1. The van der Waals surface area contributed by atoms with Crippen molar-refractivity contribution in [2.75, 3.05) is 86.7 Å². The van der Waals surface area contributed by atoms with Crippen molar-refractivity contribution in [3.05, 3.63) is 48.2 Å². The average Bonchev–Trinajstić information content (AvgIpc) is 2.97. The Morgan fingerprint density at radius 3 is 2.37 bits per heavy atom. The van der Waals surface area contributed by atoms with Crippen LogP contribution >= 0.6 is 0 Å². The maximum Gasteiger partial charge on any atom is 0.151 e. The molecule has 3 fully saturated rings. The molecule has 1 aromatic carbocycles. The summed E-state index contributed by atoms with van der Waals surface area (Å²) in [5, 5.41) is 23.0. The van der Waals surface area contributed by atoms with E-state index in [4.69, 9.17) is 4.74 Å². The molecule has 0 amide bonds. The summed E-state index contributed by atoms with van der Waals surface area (Å²) in [7, 11) is 0. The van der Waals surface area contributed by atoms with Gasteiger partial charge in [-0.05, 0) is 43.3 Å². The number of piperazine rings is 2. The van der Waals surface area contributed by atoms with Gasteiger partial charge in [0.05, 0.1) is 23.3 Å². The molecule has 10 heteroatoms. The lowest BCUT2D eigenvalue weighted by Crippen LogP contribution is -2.54. The normalized spacial score (nSPS) is 23.0. The van der Waals surface area contributed by atoms with Crippen molar-refractivity contribution >= 4 is 28.2 Å². The van der Waals surface area contributed by atoms with Gasteiger partial charge in [0, 0.05) is 89.3 Å². The molecule has 3 aromatic rings. The zero-order valence-electron chi connectivity index (χ0n) is 22.0. The summed E-state index contributed by atoms with van der Waals surface area (Å²) in [6.07, 6.45) is 2.00. The van der Waals surface area contributed by atoms with Gasteiger partial charge in [-0.15, -0.1) is 10.2 Å². The number of hydrogen-bond donors (Lipinski definition) is 1. The second-order valence-corrected chi connectivity index (χ2v) is 10.4. The first kappa shape index (κ1) is 24.8. The fourth-order valence-electron chi connectivity index (χ4n) is 5.86. The second kappa shape index (κ2) is 11.1. The van der Waals surface area contributed by atoms with Crippen molar-refractivity contribution in [2.45, 2.75) is 19.1 Å². The van der Waals surface area contributed by atoms with Gasteiger partial charge in [0.1, 0.15) is 6.07 Å². The van der Waals surface area contributed by atoms with Gasteiger partial charge in [-0.1, -0.05) is 0 Å². The minimum absolute atomic E-state index is 0.116. The van der Waals surface area contributed by atoms with Gasteiger partial charge in [0.15, 0.2) is 11.6 Å². The molecule has 5 heterocycles. The molecule has 0 radical (unpaired) electrons. The van der Waals surface area contributed by atoms with Gasteiger partial charge in [-0.3, -0.25) is 9.88 Å². The summed E-state index contributed by atoms with van der Waals surface area (Å²) in [6, 6.07) is 14.4. The van der Waals surface area contributed by atoms with Crippen molar-refractivity contribution in [1.82, 2.24) is 25.4 Å². The lowest BCUT2D eigenvalue weighted by Gasteiger charge is -2.42. The number of morpholine rings is 1. The van der Waals surface area contributed by atoms with Crippen LogP contribution in [0.1, 0.15) is 12.5 Å². The van der Waals surface area contributed by atoms with E-state index in [-0.39, 0.29) is 12.2 Å². The van der Waals surface area contributed by atoms with Crippen molar-refractivity contribution in [2.24, 2.45) is 0 Å². The minimum Gasteiger partial charge on any atom is -0.370 e. The Kier molecular flexibility index (Phi) is 7.22. The molecular weight excluding hydrogens is 478 g/mol. The first-order valence-electron chi connectivity index (χ1n) is 13.6. The number of aromatic nitrogens is 3. The topological polar surface area (TPSA) is 96.7 Å². The molecule has 38 heavy (non-hydrogen) atoms. The highest BCUT2D eigenvalue weighted by Crippen LogP contribution is 2.30. The van der Waals surface area contributed by atoms with Gasteiger partial charge >= 0.3 is 0 Å². The van der Waals surface area contributed by atoms with E-state index in [2.05, 4.69) is 77.4 Å². The summed E-state index contributed by atoms with van der Waals surface area (Å²) < 4.78 is 6.38. The number of nitrogens with zero attached hydrogens (tertiary/aromatic N) is 8. The Bertz CT molecular complexity index is 1280. The number of ether oxygens (including phenoxy) is 1. The molecule has 2 atom stereocenters. The molecule has 0 bridgehead atoms. The average molecular weight is 514 g/mol. The molecule has 2 aromatic heterocycles. The highest BCUT2D eigenvalue weighted by atomic mass is 16.5. The lowest BCUT2D eigenvalue weighted by atomic mass is 10.1. The second-order valence-electron chi connectivity index (χ2n) is 10.4. The van der Waals surface area contributed by atoms with E-state index in [1.807, 2.05) is 12.1 Å². The van der Waals surface area contributed by atoms with Crippen LogP contribution in [-0.4, -0.2) is 104 Å². The van der Waals surface area contributed by atoms with E-state index >= 15 is 0 Å². The van der Waals surface area contributed by atoms with Crippen molar-refractivity contribution in [3.63, 3.8) is 0 Å². The smallest absolute Gasteiger partial charge is 0.151 e. The SMILES string of the molecule is C[C@@H]1CN(c2ccc(C#N)c3ncccc23)C[C@H](CN2CCN(c3ccc(N4CCNCC4)nn3)CC2)O1. The van der Waals surface area contributed by atoms with Crippen LogP contribution in [0.3, 0.4) is 0 Å². The largest absolute Gasteiger partial charge is 0.370 e. The number of nitriles is 1. The summed E-state index contributed by atoms with van der Waals surface area (Å²) in [4.78, 5) is 14.0. The van der Waals surface area contributed by atoms with E-state index in [1.165, 1.54) is 0 Å². The molecule has 198 valence electrons. The monoisotopic (exact) mass is 513 g/mol. The molecule has 0 aliphatic carbocycles. The van der Waals surface area contributed by atoms with Crippen LogP contribution in [0.5, 0.6) is 0 Å². The molecule has 6 rings (SSSR count). The van der Waals surface area contributed by atoms with Gasteiger partial charge in [-0.25, -0.2) is 0 Å². The standard InChI is InChI=1S/C28H35N9O/c1-21-18-37(25-5-4-22(17-29)28-24(25)3-2-8-31-28)20-23(38-21)19-34-13-15-36(16-14-34)27-7-6-26(32-33-27)35-11-9-30-10-12-35/h2-8,21,23,30H,9-16,18-20H2,1H3/t21-,23+/m1/s1. The van der Waals surface area contributed by atoms with Crippen LogP contribution < -0.4 is 20.0 Å². The summed E-state index contributed by atoms with van der Waals surface area (Å²) in [6.45, 7) is 12.4. The van der Waals surface area contributed by atoms with E-state index < -0.39 is 0 Å². The van der Waals surface area contributed by atoms with Crippen LogP contribution in [0.2, 0.25) is 0 Å². The molecule has 3 aliphatic heterocycles. The number of pyridine rings is 1. The maximum absolute atomic E-state index is 9.52. The van der Waals surface area contributed by atoms with E-state index in [0.717, 1.165) is 100 Å². The lowest BCUT2D eigenvalue weighted by molar-refractivity contribution is -0.0327. The third kappa shape index (κ3) is 5.23. The highest BCUT2D eigenvalue weighted by Gasteiger charge is 2.29. The molecular formula is C28H35N9O. The predicted octanol–water partition coefficient (Wildman–Crippen LogP) is 1.72. The van der Waals surface area contributed by atoms with Gasteiger partial charge in [-0.2, -0.15) is 5.26 Å². The number of rotatable bonds is 5. The third-order valence-corrected chi connectivity index (χ3v) is 7.77. The summed E-state index contributed by atoms with van der Waals surface area (Å²) >= 11 is 0. The van der Waals surface area contributed by atoms with Gasteiger partial charge in [0.2, 0.25) is 0 Å². The Morgan fingerprint density at radius 2 is 1.66 bits per heavy atom. The number of benzene rings is 1. The summed E-state index contributed by atoms with van der Waals surface area (Å²) in [5.74, 6) is 1.92. The van der Waals surface area contributed by atoms with Crippen molar-refractivity contribution < 1.29 is 4.74 Å². The molecule has 0 spiro atoms. The quantitative estimate of drug-likeness (QED) is 0.543. The van der Waals surface area contributed by atoms with Gasteiger partial charge in [0.25, 0.3) is 0 Å². The Hall–Kier alpha value is -3.52. The Balaban J connectivity index is 1.07. The van der Waals surface area contributed by atoms with Crippen LogP contribution in [0.4, 0.5) is 17.3 Å². The minimum atomic E-state index is 0.116. The molecule has 0 saturated carbocycles. The van der Waals surface area contributed by atoms with E-state index in [1.54, 1.807) is 6.20 Å². The van der Waals surface area contributed by atoms with Crippen LogP contribution in [0.25, 0.3) is 10.9 Å².